The molecule has 0 atom stereocenters. The third-order valence-corrected chi connectivity index (χ3v) is 2.57. The molecule has 0 spiro atoms. The minimum Gasteiger partial charge on any atom is -0.504 e. The Bertz CT molecular complexity index is 558. The van der Waals surface area contributed by atoms with Crippen LogP contribution in [0, 0.1) is 3.57 Å². The molecule has 0 saturated heterocycles. The molecule has 0 aliphatic carbocycles. The van der Waals surface area contributed by atoms with Gasteiger partial charge in [-0.25, -0.2) is 0 Å². The van der Waals surface area contributed by atoms with Crippen LogP contribution in [0.2, 0.25) is 0 Å². The zero-order valence-electron chi connectivity index (χ0n) is 6.82. The van der Waals surface area contributed by atoms with Crippen LogP contribution in [-0.4, -0.2) is 10.2 Å². The lowest BCUT2D eigenvalue weighted by molar-refractivity contribution is 0.403. The summed E-state index contributed by atoms with van der Waals surface area (Å²) in [5.41, 5.74) is 0.0351. The van der Waals surface area contributed by atoms with Crippen molar-refractivity contribution in [3.05, 3.63) is 32.2 Å². The van der Waals surface area contributed by atoms with Gasteiger partial charge >= 0.3 is 0 Å². The summed E-state index contributed by atoms with van der Waals surface area (Å²) in [6.07, 6.45) is 1.31. The average Bonchev–Trinajstić information content (AvgIpc) is 2.15. The van der Waals surface area contributed by atoms with Crippen LogP contribution in [0.15, 0.2) is 27.6 Å². The highest BCUT2D eigenvalue weighted by Crippen LogP contribution is 2.28. The molecule has 0 amide bonds. The number of phenols is 2. The van der Waals surface area contributed by atoms with E-state index in [4.69, 9.17) is 9.52 Å². The van der Waals surface area contributed by atoms with Gasteiger partial charge in [-0.05, 0) is 28.7 Å². The fourth-order valence-corrected chi connectivity index (χ4v) is 1.55. The van der Waals surface area contributed by atoms with E-state index >= 15 is 0 Å². The fraction of sp³-hybridized carbons (Fsp3) is 0. The highest BCUT2D eigenvalue weighted by Gasteiger charge is 2.08. The maximum atomic E-state index is 11.5. The summed E-state index contributed by atoms with van der Waals surface area (Å²) in [7, 11) is 0. The first-order valence-corrected chi connectivity index (χ1v) is 4.80. The first kappa shape index (κ1) is 9.32. The Hall–Kier alpha value is -1.24. The molecule has 4 nitrogen and oxygen atoms in total. The molecule has 1 aromatic carbocycles. The molecule has 0 saturated carbocycles. The van der Waals surface area contributed by atoms with E-state index in [1.807, 2.05) is 22.6 Å². The number of benzene rings is 1. The van der Waals surface area contributed by atoms with Crippen LogP contribution in [0.5, 0.6) is 11.5 Å². The zero-order valence-corrected chi connectivity index (χ0v) is 8.98. The Morgan fingerprint density at radius 1 is 1.21 bits per heavy atom. The minimum absolute atomic E-state index is 0.220. The summed E-state index contributed by atoms with van der Waals surface area (Å²) in [6, 6.07) is 2.40. The van der Waals surface area contributed by atoms with E-state index in [2.05, 4.69) is 0 Å². The second kappa shape index (κ2) is 3.16. The van der Waals surface area contributed by atoms with E-state index in [1.54, 1.807) is 0 Å². The van der Waals surface area contributed by atoms with Crippen molar-refractivity contribution in [1.82, 2.24) is 0 Å². The number of halogens is 1. The van der Waals surface area contributed by atoms with Crippen LogP contribution in [0.25, 0.3) is 11.0 Å². The molecule has 14 heavy (non-hydrogen) atoms. The predicted molar refractivity (Wildman–Crippen MR) is 58.5 cm³/mol. The number of hydrogen-bond donors (Lipinski definition) is 2. The highest BCUT2D eigenvalue weighted by atomic mass is 127. The molecule has 1 aromatic heterocycles. The van der Waals surface area contributed by atoms with Gasteiger partial charge in [-0.1, -0.05) is 0 Å². The van der Waals surface area contributed by atoms with Crippen LogP contribution in [0.3, 0.4) is 0 Å². The summed E-state index contributed by atoms with van der Waals surface area (Å²) in [5, 5.41) is 18.6. The topological polar surface area (TPSA) is 70.7 Å². The first-order valence-electron chi connectivity index (χ1n) is 3.72. The molecule has 0 unspecified atom stereocenters. The van der Waals surface area contributed by atoms with Crippen molar-refractivity contribution in [1.29, 1.82) is 0 Å². The molecular weight excluding hydrogens is 299 g/mol. The standard InChI is InChI=1S/C9H5IO4/c10-5-3-14-8-2-7(12)6(11)1-4(8)9(5)13/h1-3,11-12H. The van der Waals surface area contributed by atoms with Gasteiger partial charge in [0.05, 0.1) is 8.96 Å². The summed E-state index contributed by atoms with van der Waals surface area (Å²) in [4.78, 5) is 11.5. The number of rotatable bonds is 0. The Kier molecular flexibility index (Phi) is 2.10. The molecular formula is C9H5IO4. The van der Waals surface area contributed by atoms with Gasteiger partial charge in [-0.2, -0.15) is 0 Å². The minimum atomic E-state index is -0.327. The second-order valence-corrected chi connectivity index (χ2v) is 3.91. The summed E-state index contributed by atoms with van der Waals surface area (Å²) >= 11 is 1.84. The molecule has 2 aromatic rings. The van der Waals surface area contributed by atoms with E-state index in [1.165, 1.54) is 18.4 Å². The predicted octanol–water partition coefficient (Wildman–Crippen LogP) is 1.81. The van der Waals surface area contributed by atoms with Crippen molar-refractivity contribution in [2.75, 3.05) is 0 Å². The van der Waals surface area contributed by atoms with Crippen molar-refractivity contribution in [2.45, 2.75) is 0 Å². The third kappa shape index (κ3) is 1.33. The zero-order chi connectivity index (χ0) is 10.3. The van der Waals surface area contributed by atoms with Gasteiger partial charge in [0, 0.05) is 6.07 Å². The van der Waals surface area contributed by atoms with Gasteiger partial charge < -0.3 is 14.6 Å². The molecule has 0 aliphatic heterocycles. The molecule has 0 radical (unpaired) electrons. The van der Waals surface area contributed by atoms with Gasteiger partial charge in [-0.15, -0.1) is 0 Å². The van der Waals surface area contributed by atoms with Crippen LogP contribution in [-0.2, 0) is 0 Å². The van der Waals surface area contributed by atoms with Crippen LogP contribution in [0.1, 0.15) is 0 Å². The van der Waals surface area contributed by atoms with E-state index in [9.17, 15) is 9.90 Å². The lowest BCUT2D eigenvalue weighted by Crippen LogP contribution is -2.04. The summed E-state index contributed by atoms with van der Waals surface area (Å²) in [6.45, 7) is 0. The Labute approximate surface area is 91.9 Å². The SMILES string of the molecule is O=c1c(I)coc2cc(O)c(O)cc12. The van der Waals surface area contributed by atoms with Gasteiger partial charge in [-0.3, -0.25) is 4.79 Å². The van der Waals surface area contributed by atoms with Gasteiger partial charge in [0.2, 0.25) is 5.43 Å². The number of phenolic OH excluding ortho intramolecular Hbond substituents is 2. The van der Waals surface area contributed by atoms with Crippen molar-refractivity contribution in [2.24, 2.45) is 0 Å². The molecule has 2 N–H and O–H groups in total. The maximum absolute atomic E-state index is 11.5. The highest BCUT2D eigenvalue weighted by molar-refractivity contribution is 14.1. The van der Waals surface area contributed by atoms with Crippen molar-refractivity contribution in [3.63, 3.8) is 0 Å². The molecule has 0 bridgehead atoms. The van der Waals surface area contributed by atoms with Crippen molar-refractivity contribution >= 4 is 33.6 Å². The van der Waals surface area contributed by atoms with Crippen LogP contribution in [0.4, 0.5) is 0 Å². The van der Waals surface area contributed by atoms with Crippen LogP contribution >= 0.6 is 22.6 Å². The summed E-state index contributed by atoms with van der Waals surface area (Å²) in [5.74, 6) is -0.631. The van der Waals surface area contributed by atoms with Gasteiger partial charge in [0.25, 0.3) is 0 Å². The number of fused-ring (bicyclic) bond motifs is 1. The van der Waals surface area contributed by atoms with E-state index < -0.39 is 0 Å². The van der Waals surface area contributed by atoms with Crippen LogP contribution < -0.4 is 5.43 Å². The monoisotopic (exact) mass is 304 g/mol. The number of aromatic hydroxyl groups is 2. The Morgan fingerprint density at radius 2 is 1.86 bits per heavy atom. The quantitative estimate of drug-likeness (QED) is 0.575. The molecule has 2 rings (SSSR count). The molecule has 0 fully saturated rings. The average molecular weight is 304 g/mol. The Balaban J connectivity index is 2.97. The number of hydrogen-bond acceptors (Lipinski definition) is 4. The van der Waals surface area contributed by atoms with E-state index in [-0.39, 0.29) is 27.9 Å². The smallest absolute Gasteiger partial charge is 0.206 e. The third-order valence-electron chi connectivity index (χ3n) is 1.83. The van der Waals surface area contributed by atoms with Crippen molar-refractivity contribution < 1.29 is 14.6 Å². The van der Waals surface area contributed by atoms with E-state index in [0.29, 0.717) is 3.57 Å². The lowest BCUT2D eigenvalue weighted by atomic mass is 10.2. The largest absolute Gasteiger partial charge is 0.504 e. The first-order chi connectivity index (χ1) is 6.59. The van der Waals surface area contributed by atoms with Crippen molar-refractivity contribution in [3.8, 4) is 11.5 Å². The molecule has 72 valence electrons. The summed E-state index contributed by atoms with van der Waals surface area (Å²) < 4.78 is 5.51. The fourth-order valence-electron chi connectivity index (χ4n) is 1.13. The molecule has 5 heteroatoms. The lowest BCUT2D eigenvalue weighted by Gasteiger charge is -2.00. The van der Waals surface area contributed by atoms with E-state index in [0.717, 1.165) is 0 Å². The molecule has 1 heterocycles. The molecule has 0 aliphatic rings. The second-order valence-electron chi connectivity index (χ2n) is 2.75. The van der Waals surface area contributed by atoms with Gasteiger partial charge in [0.1, 0.15) is 11.8 Å². The van der Waals surface area contributed by atoms with Gasteiger partial charge in [0.15, 0.2) is 11.5 Å². The maximum Gasteiger partial charge on any atom is 0.206 e. The normalized spacial score (nSPS) is 10.6. The Morgan fingerprint density at radius 3 is 2.57 bits per heavy atom.